The number of carbonyl (C=O) groups excluding carboxylic acids is 2. The first-order valence-corrected chi connectivity index (χ1v) is 8.74. The van der Waals surface area contributed by atoms with Gasteiger partial charge >= 0.3 is 0 Å². The molecule has 0 radical (unpaired) electrons. The summed E-state index contributed by atoms with van der Waals surface area (Å²) < 4.78 is 1.98. The van der Waals surface area contributed by atoms with E-state index in [9.17, 15) is 14.7 Å². The van der Waals surface area contributed by atoms with E-state index >= 15 is 0 Å². The van der Waals surface area contributed by atoms with Gasteiger partial charge in [0.1, 0.15) is 16.9 Å². The highest BCUT2D eigenvalue weighted by Gasteiger charge is 2.49. The number of benzene rings is 1. The largest absolute Gasteiger partial charge is 0.509 e. The maximum absolute atomic E-state index is 12.8. The number of Topliss-reactive ketones (excluding diaryl/α,β-unsaturated/α-hetero) is 2. The van der Waals surface area contributed by atoms with Gasteiger partial charge in [-0.05, 0) is 44.4 Å². The van der Waals surface area contributed by atoms with Gasteiger partial charge in [0.05, 0.1) is 5.69 Å². The van der Waals surface area contributed by atoms with Gasteiger partial charge in [-0.15, -0.1) is 0 Å². The number of rotatable bonds is 2. The number of aliphatic hydroxyl groups excluding tert-OH is 1. The molecule has 128 valence electrons. The van der Waals surface area contributed by atoms with Gasteiger partial charge in [0.2, 0.25) is 5.78 Å². The van der Waals surface area contributed by atoms with Crippen LogP contribution < -0.4 is 0 Å². The highest BCUT2D eigenvalue weighted by atomic mass is 16.3. The van der Waals surface area contributed by atoms with Crippen LogP contribution in [0.25, 0.3) is 11.3 Å². The van der Waals surface area contributed by atoms with E-state index in [-0.39, 0.29) is 22.9 Å². The lowest BCUT2D eigenvalue weighted by molar-refractivity contribution is -0.113. The molecule has 1 fully saturated rings. The number of hydrogen-bond acceptors (Lipinski definition) is 3. The van der Waals surface area contributed by atoms with Crippen molar-refractivity contribution >= 4 is 11.6 Å². The summed E-state index contributed by atoms with van der Waals surface area (Å²) >= 11 is 0. The van der Waals surface area contributed by atoms with Crippen molar-refractivity contribution in [3.8, 4) is 11.3 Å². The fraction of sp³-hybridized carbons (Fsp3) is 0.333. The molecule has 4 heteroatoms. The molecule has 4 rings (SSSR count). The van der Waals surface area contributed by atoms with Crippen LogP contribution in [0.15, 0.2) is 47.7 Å². The minimum Gasteiger partial charge on any atom is -0.509 e. The first-order chi connectivity index (χ1) is 12.0. The smallest absolute Gasteiger partial charge is 0.216 e. The lowest BCUT2D eigenvalue weighted by atomic mass is 9.84. The monoisotopic (exact) mass is 335 g/mol. The maximum atomic E-state index is 12.8. The standard InChI is InChI=1S/C21H21NO3/c1-13-5-7-15(8-6-13)16-9-10-17-19(24)18(14(2)23)20(25)21(22(16)17)11-3-4-12-21/h5-10,25H,3-4,11-12H2,1-2H3. The Labute approximate surface area is 146 Å². The molecule has 1 aliphatic heterocycles. The van der Waals surface area contributed by atoms with Gasteiger partial charge in [0.15, 0.2) is 5.78 Å². The number of aryl methyl sites for hydroxylation is 1. The number of hydrogen-bond donors (Lipinski definition) is 1. The van der Waals surface area contributed by atoms with Crippen molar-refractivity contribution in [3.63, 3.8) is 0 Å². The summed E-state index contributed by atoms with van der Waals surface area (Å²) in [5.41, 5.74) is 2.88. The van der Waals surface area contributed by atoms with Gasteiger partial charge in [-0.1, -0.05) is 42.7 Å². The Morgan fingerprint density at radius 1 is 1.04 bits per heavy atom. The van der Waals surface area contributed by atoms with Gasteiger partial charge in [-0.3, -0.25) is 9.59 Å². The molecule has 1 spiro atoms. The highest BCUT2D eigenvalue weighted by Crippen LogP contribution is 2.49. The summed E-state index contributed by atoms with van der Waals surface area (Å²) in [6, 6.07) is 11.9. The van der Waals surface area contributed by atoms with Crippen molar-refractivity contribution < 1.29 is 14.7 Å². The van der Waals surface area contributed by atoms with Crippen molar-refractivity contribution in [3.05, 3.63) is 59.0 Å². The molecule has 2 aromatic rings. The number of aliphatic hydroxyl groups is 1. The first-order valence-electron chi connectivity index (χ1n) is 8.74. The second-order valence-electron chi connectivity index (χ2n) is 7.15. The summed E-state index contributed by atoms with van der Waals surface area (Å²) in [5.74, 6) is -0.779. The quantitative estimate of drug-likeness (QED) is 0.831. The van der Waals surface area contributed by atoms with Crippen LogP contribution in [-0.2, 0) is 10.3 Å². The van der Waals surface area contributed by atoms with Crippen LogP contribution in [0, 0.1) is 6.92 Å². The number of ketones is 2. The van der Waals surface area contributed by atoms with Crippen LogP contribution in [0.2, 0.25) is 0 Å². The Kier molecular flexibility index (Phi) is 3.46. The molecule has 1 saturated carbocycles. The lowest BCUT2D eigenvalue weighted by Crippen LogP contribution is -2.42. The van der Waals surface area contributed by atoms with Crippen LogP contribution in [0.3, 0.4) is 0 Å². The van der Waals surface area contributed by atoms with E-state index in [4.69, 9.17) is 0 Å². The zero-order chi connectivity index (χ0) is 17.8. The third kappa shape index (κ3) is 2.13. The Hall–Kier alpha value is -2.62. The Bertz CT molecular complexity index is 909. The molecule has 0 unspecified atom stereocenters. The molecular weight excluding hydrogens is 314 g/mol. The van der Waals surface area contributed by atoms with Gasteiger partial charge in [-0.25, -0.2) is 0 Å². The molecule has 1 aromatic heterocycles. The van der Waals surface area contributed by atoms with E-state index in [1.165, 1.54) is 12.5 Å². The normalized spacial score (nSPS) is 18.7. The summed E-state index contributed by atoms with van der Waals surface area (Å²) in [5, 5.41) is 11.0. The molecular formula is C21H21NO3. The minimum absolute atomic E-state index is 0.0389. The molecule has 1 aliphatic carbocycles. The summed E-state index contributed by atoms with van der Waals surface area (Å²) in [4.78, 5) is 24.9. The molecule has 25 heavy (non-hydrogen) atoms. The molecule has 0 saturated heterocycles. The number of fused-ring (bicyclic) bond motifs is 2. The Morgan fingerprint density at radius 3 is 2.24 bits per heavy atom. The molecule has 4 nitrogen and oxygen atoms in total. The predicted octanol–water partition coefficient (Wildman–Crippen LogP) is 4.33. The number of carbonyl (C=O) groups is 2. The second-order valence-corrected chi connectivity index (χ2v) is 7.15. The van der Waals surface area contributed by atoms with E-state index in [0.29, 0.717) is 5.69 Å². The molecule has 2 heterocycles. The van der Waals surface area contributed by atoms with Crippen molar-refractivity contribution in [2.24, 2.45) is 0 Å². The van der Waals surface area contributed by atoms with Crippen LogP contribution in [-0.4, -0.2) is 21.2 Å². The van der Waals surface area contributed by atoms with Crippen LogP contribution in [0.5, 0.6) is 0 Å². The van der Waals surface area contributed by atoms with Crippen LogP contribution in [0.4, 0.5) is 0 Å². The molecule has 2 aliphatic rings. The van der Waals surface area contributed by atoms with Crippen molar-refractivity contribution in [2.75, 3.05) is 0 Å². The molecule has 0 amide bonds. The zero-order valence-corrected chi connectivity index (χ0v) is 14.5. The van der Waals surface area contributed by atoms with Crippen molar-refractivity contribution in [1.29, 1.82) is 0 Å². The molecule has 0 atom stereocenters. The molecule has 1 aromatic carbocycles. The molecule has 1 N–H and O–H groups in total. The van der Waals surface area contributed by atoms with Crippen molar-refractivity contribution in [2.45, 2.75) is 45.1 Å². The summed E-state index contributed by atoms with van der Waals surface area (Å²) in [6.45, 7) is 3.39. The van der Waals surface area contributed by atoms with E-state index in [0.717, 1.165) is 36.9 Å². The summed E-state index contributed by atoms with van der Waals surface area (Å²) in [7, 11) is 0. The van der Waals surface area contributed by atoms with Gasteiger partial charge in [0, 0.05) is 5.69 Å². The van der Waals surface area contributed by atoms with Crippen LogP contribution in [0.1, 0.15) is 48.7 Å². The highest BCUT2D eigenvalue weighted by molar-refractivity contribution is 6.26. The number of allylic oxidation sites excluding steroid dienone is 2. The third-order valence-electron chi connectivity index (χ3n) is 5.58. The fourth-order valence-electron chi connectivity index (χ4n) is 4.35. The minimum atomic E-state index is -0.673. The predicted molar refractivity (Wildman–Crippen MR) is 95.7 cm³/mol. The molecule has 0 bridgehead atoms. The van der Waals surface area contributed by atoms with Gasteiger partial charge in [0.25, 0.3) is 0 Å². The average Bonchev–Trinajstić information content (AvgIpc) is 3.22. The fourth-order valence-corrected chi connectivity index (χ4v) is 4.35. The number of aromatic nitrogens is 1. The maximum Gasteiger partial charge on any atom is 0.216 e. The van der Waals surface area contributed by atoms with E-state index < -0.39 is 5.54 Å². The van der Waals surface area contributed by atoms with Crippen LogP contribution >= 0.6 is 0 Å². The second kappa shape index (κ2) is 5.45. The first kappa shape index (κ1) is 15.9. The van der Waals surface area contributed by atoms with Crippen molar-refractivity contribution in [1.82, 2.24) is 4.57 Å². The average molecular weight is 335 g/mol. The third-order valence-corrected chi connectivity index (χ3v) is 5.58. The van der Waals surface area contributed by atoms with E-state index in [2.05, 4.69) is 0 Å². The van der Waals surface area contributed by atoms with Gasteiger partial charge < -0.3 is 9.67 Å². The zero-order valence-electron chi connectivity index (χ0n) is 14.5. The SMILES string of the molecule is CC(=O)C1=C(O)C2(CCCC2)n2c(ccc2-c2ccc(C)cc2)C1=O. The lowest BCUT2D eigenvalue weighted by Gasteiger charge is -2.38. The Balaban J connectivity index is 1.99. The van der Waals surface area contributed by atoms with E-state index in [1.807, 2.05) is 41.8 Å². The van der Waals surface area contributed by atoms with Gasteiger partial charge in [-0.2, -0.15) is 0 Å². The topological polar surface area (TPSA) is 59.3 Å². The number of nitrogens with zero attached hydrogens (tertiary/aromatic N) is 1. The Morgan fingerprint density at radius 2 is 1.64 bits per heavy atom. The summed E-state index contributed by atoms with van der Waals surface area (Å²) in [6.07, 6.45) is 3.41. The van der Waals surface area contributed by atoms with E-state index in [1.54, 1.807) is 6.07 Å².